The second-order valence-corrected chi connectivity index (χ2v) is 15.6. The number of nitrogens with zero attached hydrogens (tertiary/aromatic N) is 3. The van der Waals surface area contributed by atoms with Crippen molar-refractivity contribution in [3.8, 4) is 11.3 Å². The molecule has 0 spiro atoms. The van der Waals surface area contributed by atoms with Crippen LogP contribution in [0.1, 0.15) is 21.6 Å². The SMILES string of the molecule is Cc1c(C(=O)Nc2ccc(S(C)(=O)=O)cc2)cn(Cc2cccc(N(S(C)(=O)=O)S(C)(=O)=O)n2)c1-c1ccc(F)cc1F. The molecular formula is C27H26F2N4O7S3. The number of sulfonamides is 2. The molecule has 0 saturated heterocycles. The van der Waals surface area contributed by atoms with Crippen LogP contribution in [0, 0.1) is 18.6 Å². The smallest absolute Gasteiger partial charge is 0.257 e. The Balaban J connectivity index is 1.79. The van der Waals surface area contributed by atoms with Gasteiger partial charge in [0, 0.05) is 29.8 Å². The lowest BCUT2D eigenvalue weighted by molar-refractivity contribution is 0.102. The number of sulfone groups is 1. The Labute approximate surface area is 247 Å². The zero-order valence-electron chi connectivity index (χ0n) is 23.2. The molecule has 16 heteroatoms. The molecule has 0 aliphatic rings. The maximum absolute atomic E-state index is 15.0. The van der Waals surface area contributed by atoms with Gasteiger partial charge in [-0.25, -0.2) is 39.0 Å². The van der Waals surface area contributed by atoms with E-state index in [0.29, 0.717) is 24.1 Å². The molecule has 228 valence electrons. The minimum Gasteiger partial charge on any atom is -0.340 e. The van der Waals surface area contributed by atoms with E-state index in [1.165, 1.54) is 59.3 Å². The summed E-state index contributed by atoms with van der Waals surface area (Å²) in [6, 6.07) is 12.5. The van der Waals surface area contributed by atoms with Gasteiger partial charge in [-0.1, -0.05) is 6.07 Å². The minimum absolute atomic E-state index is 0.0412. The maximum Gasteiger partial charge on any atom is 0.257 e. The van der Waals surface area contributed by atoms with Crippen LogP contribution in [0.15, 0.2) is 71.8 Å². The third-order valence-electron chi connectivity index (χ3n) is 6.22. The van der Waals surface area contributed by atoms with Crippen LogP contribution in [0.25, 0.3) is 11.3 Å². The van der Waals surface area contributed by atoms with Crippen LogP contribution in [0.4, 0.5) is 20.3 Å². The van der Waals surface area contributed by atoms with Crippen LogP contribution >= 0.6 is 0 Å². The summed E-state index contributed by atoms with van der Waals surface area (Å²) < 4.78 is 103. The summed E-state index contributed by atoms with van der Waals surface area (Å²) in [5, 5.41) is 2.66. The van der Waals surface area contributed by atoms with Crippen molar-refractivity contribution in [1.29, 1.82) is 0 Å². The topological polar surface area (TPSA) is 153 Å². The fraction of sp³-hybridized carbons (Fsp3) is 0.185. The highest BCUT2D eigenvalue weighted by molar-refractivity contribution is 8.09. The number of nitrogens with one attached hydrogen (secondary N) is 1. The number of halogens is 2. The molecule has 1 amide bonds. The Morgan fingerprint density at radius 2 is 1.53 bits per heavy atom. The van der Waals surface area contributed by atoms with Gasteiger partial charge in [-0.05, 0) is 61.0 Å². The van der Waals surface area contributed by atoms with Gasteiger partial charge in [-0.3, -0.25) is 4.79 Å². The number of carbonyl (C=O) groups is 1. The van der Waals surface area contributed by atoms with Crippen molar-refractivity contribution in [3.05, 3.63) is 95.3 Å². The molecule has 0 atom stereocenters. The van der Waals surface area contributed by atoms with E-state index in [1.807, 2.05) is 0 Å². The van der Waals surface area contributed by atoms with E-state index < -0.39 is 53.2 Å². The number of benzene rings is 2. The third kappa shape index (κ3) is 7.09. The van der Waals surface area contributed by atoms with E-state index in [2.05, 4.69) is 10.3 Å². The summed E-state index contributed by atoms with van der Waals surface area (Å²) >= 11 is 0. The molecule has 0 radical (unpaired) electrons. The molecule has 1 N–H and O–H groups in total. The standard InChI is InChI=1S/C27H26F2N4O7S3/c1-17-23(27(34)31-19-9-11-21(12-10-19)41(2,35)36)16-32(26(17)22-13-8-18(28)14-24(22)29)15-20-6-5-7-25(30-20)33(42(3,37)38)43(4,39)40/h5-14,16H,15H2,1-4H3,(H,31,34). The quantitative estimate of drug-likeness (QED) is 0.288. The second kappa shape index (κ2) is 11.5. The molecule has 43 heavy (non-hydrogen) atoms. The van der Waals surface area contributed by atoms with Crippen LogP contribution in [0.3, 0.4) is 0 Å². The molecule has 2 aromatic carbocycles. The summed E-state index contributed by atoms with van der Waals surface area (Å²) in [6.45, 7) is 1.38. The molecule has 0 saturated carbocycles. The highest BCUT2D eigenvalue weighted by Gasteiger charge is 2.29. The molecule has 4 rings (SSSR count). The van der Waals surface area contributed by atoms with Gasteiger partial charge in [0.1, 0.15) is 11.6 Å². The molecule has 0 bridgehead atoms. The van der Waals surface area contributed by atoms with Crippen LogP contribution in [0.2, 0.25) is 0 Å². The van der Waals surface area contributed by atoms with Gasteiger partial charge >= 0.3 is 0 Å². The van der Waals surface area contributed by atoms with Crippen molar-refractivity contribution in [1.82, 2.24) is 9.55 Å². The fourth-order valence-corrected chi connectivity index (χ4v) is 7.93. The Morgan fingerprint density at radius 3 is 2.09 bits per heavy atom. The number of hydrogen-bond donors (Lipinski definition) is 1. The Kier molecular flexibility index (Phi) is 8.50. The average Bonchev–Trinajstić information content (AvgIpc) is 3.18. The predicted molar refractivity (Wildman–Crippen MR) is 158 cm³/mol. The lowest BCUT2D eigenvalue weighted by Gasteiger charge is -2.19. The Bertz CT molecular complexity index is 2030. The minimum atomic E-state index is -4.28. The van der Waals surface area contributed by atoms with E-state index in [9.17, 15) is 38.8 Å². The van der Waals surface area contributed by atoms with Gasteiger partial charge in [0.25, 0.3) is 5.91 Å². The highest BCUT2D eigenvalue weighted by atomic mass is 32.3. The highest BCUT2D eigenvalue weighted by Crippen LogP contribution is 2.32. The summed E-state index contributed by atoms with van der Waals surface area (Å²) in [5.41, 5.74) is 0.995. The van der Waals surface area contributed by atoms with Crippen molar-refractivity contribution in [2.75, 3.05) is 27.8 Å². The number of carbonyl (C=O) groups excluding carboxylic acids is 1. The summed E-state index contributed by atoms with van der Waals surface area (Å²) in [5.74, 6) is -2.73. The Morgan fingerprint density at radius 1 is 0.907 bits per heavy atom. The molecule has 2 heterocycles. The first kappa shape index (κ1) is 31.8. The molecule has 0 aliphatic heterocycles. The normalized spacial score (nSPS) is 12.2. The first-order valence-corrected chi connectivity index (χ1v) is 17.9. The van der Waals surface area contributed by atoms with Crippen molar-refractivity contribution < 1.29 is 38.8 Å². The van der Waals surface area contributed by atoms with Crippen molar-refractivity contribution in [2.45, 2.75) is 18.4 Å². The molecule has 11 nitrogen and oxygen atoms in total. The summed E-state index contributed by atoms with van der Waals surface area (Å²) in [7, 11) is -12.0. The summed E-state index contributed by atoms with van der Waals surface area (Å²) in [4.78, 5) is 17.6. The number of pyridine rings is 1. The van der Waals surface area contributed by atoms with Gasteiger partial charge < -0.3 is 9.88 Å². The number of aromatic nitrogens is 2. The second-order valence-electron chi connectivity index (χ2n) is 9.73. The molecular weight excluding hydrogens is 627 g/mol. The van der Waals surface area contributed by atoms with Crippen LogP contribution in [-0.4, -0.2) is 59.5 Å². The first-order valence-electron chi connectivity index (χ1n) is 12.3. The van der Waals surface area contributed by atoms with E-state index in [0.717, 1.165) is 12.3 Å². The predicted octanol–water partition coefficient (Wildman–Crippen LogP) is 3.57. The van der Waals surface area contributed by atoms with Gasteiger partial charge in [-0.15, -0.1) is 3.71 Å². The molecule has 0 aliphatic carbocycles. The largest absolute Gasteiger partial charge is 0.340 e. The first-order chi connectivity index (χ1) is 19.9. The van der Waals surface area contributed by atoms with Crippen molar-refractivity contribution >= 4 is 47.3 Å². The zero-order chi connectivity index (χ0) is 31.9. The van der Waals surface area contributed by atoms with Crippen LogP contribution in [0.5, 0.6) is 0 Å². The number of amides is 1. The van der Waals surface area contributed by atoms with E-state index >= 15 is 0 Å². The van der Waals surface area contributed by atoms with Gasteiger partial charge in [0.2, 0.25) is 20.0 Å². The summed E-state index contributed by atoms with van der Waals surface area (Å²) in [6.07, 6.45) is 3.87. The number of anilines is 2. The maximum atomic E-state index is 15.0. The monoisotopic (exact) mass is 652 g/mol. The van der Waals surface area contributed by atoms with E-state index in [1.54, 1.807) is 6.92 Å². The van der Waals surface area contributed by atoms with Gasteiger partial charge in [0.05, 0.1) is 40.9 Å². The Hall–Kier alpha value is -4.15. The molecule has 0 unspecified atom stereocenters. The van der Waals surface area contributed by atoms with Crippen molar-refractivity contribution in [2.24, 2.45) is 0 Å². The van der Waals surface area contributed by atoms with Gasteiger partial charge in [-0.2, -0.15) is 0 Å². The molecule has 2 aromatic heterocycles. The number of rotatable bonds is 9. The van der Waals surface area contributed by atoms with Crippen LogP contribution < -0.4 is 9.03 Å². The zero-order valence-corrected chi connectivity index (χ0v) is 25.7. The lowest BCUT2D eigenvalue weighted by atomic mass is 10.0. The van der Waals surface area contributed by atoms with Crippen molar-refractivity contribution in [3.63, 3.8) is 0 Å². The van der Waals surface area contributed by atoms with E-state index in [-0.39, 0.29) is 43.4 Å². The third-order valence-corrected chi connectivity index (χ3v) is 10.5. The van der Waals surface area contributed by atoms with Crippen LogP contribution in [-0.2, 0) is 36.4 Å². The van der Waals surface area contributed by atoms with E-state index in [4.69, 9.17) is 0 Å². The average molecular weight is 653 g/mol. The fourth-order valence-electron chi connectivity index (χ4n) is 4.45. The molecule has 0 fully saturated rings. The lowest BCUT2D eigenvalue weighted by Crippen LogP contribution is -2.36. The van der Waals surface area contributed by atoms with Gasteiger partial charge in [0.15, 0.2) is 15.7 Å². The molecule has 4 aromatic rings. The number of hydrogen-bond acceptors (Lipinski definition) is 8.